The molecule has 7 heteroatoms. The predicted molar refractivity (Wildman–Crippen MR) is 93.7 cm³/mol. The molecule has 0 fully saturated rings. The second-order valence-electron chi connectivity index (χ2n) is 6.38. The van der Waals surface area contributed by atoms with Gasteiger partial charge >= 0.3 is 0 Å². The fraction of sp³-hybridized carbons (Fsp3) is 0.471. The van der Waals surface area contributed by atoms with Crippen molar-refractivity contribution in [1.82, 2.24) is 5.32 Å². The summed E-state index contributed by atoms with van der Waals surface area (Å²) in [5.74, 6) is -0.473. The normalized spacial score (nSPS) is 14.4. The van der Waals surface area contributed by atoms with Gasteiger partial charge in [-0.3, -0.25) is 9.59 Å². The van der Waals surface area contributed by atoms with E-state index in [0.717, 1.165) is 4.90 Å². The molecule has 6 nitrogen and oxygen atoms in total. The number of hydrogen-bond acceptors (Lipinski definition) is 3. The van der Waals surface area contributed by atoms with Gasteiger partial charge in [-0.1, -0.05) is 25.4 Å². The number of rotatable bonds is 7. The summed E-state index contributed by atoms with van der Waals surface area (Å²) in [4.78, 5) is 24.8. The van der Waals surface area contributed by atoms with Gasteiger partial charge in [0.25, 0.3) is 11.8 Å². The molecular formula is C17H24ClN4O2+. The van der Waals surface area contributed by atoms with Gasteiger partial charge in [0.1, 0.15) is 5.54 Å². The first-order valence-electron chi connectivity index (χ1n) is 7.75. The number of amides is 2. The molecule has 1 unspecified atom stereocenters. The molecule has 130 valence electrons. The summed E-state index contributed by atoms with van der Waals surface area (Å²) in [5, 5.41) is 15.3. The van der Waals surface area contributed by atoms with Gasteiger partial charge in [-0.05, 0) is 37.1 Å². The average molecular weight is 352 g/mol. The molecule has 0 aliphatic heterocycles. The molecule has 2 amide bonds. The summed E-state index contributed by atoms with van der Waals surface area (Å²) in [7, 11) is 1.75. The number of nitrogens with zero attached hydrogens (tertiary/aromatic N) is 1. The van der Waals surface area contributed by atoms with E-state index in [1.807, 2.05) is 13.8 Å². The van der Waals surface area contributed by atoms with Crippen LogP contribution in [0.5, 0.6) is 0 Å². The monoisotopic (exact) mass is 351 g/mol. The van der Waals surface area contributed by atoms with Crippen molar-refractivity contribution in [3.8, 4) is 6.07 Å². The number of nitriles is 1. The predicted octanol–water partition coefficient (Wildman–Crippen LogP) is 0.848. The van der Waals surface area contributed by atoms with Crippen LogP contribution in [0.25, 0.3) is 0 Å². The molecular weight excluding hydrogens is 328 g/mol. The topological polar surface area (TPSA) is 86.4 Å². The highest BCUT2D eigenvalue weighted by Gasteiger charge is 2.31. The van der Waals surface area contributed by atoms with Crippen molar-refractivity contribution in [2.45, 2.75) is 26.3 Å². The number of carbonyl (C=O) groups is 2. The molecule has 0 radical (unpaired) electrons. The van der Waals surface area contributed by atoms with Crippen molar-refractivity contribution in [2.24, 2.45) is 5.92 Å². The fourth-order valence-electron chi connectivity index (χ4n) is 1.98. The van der Waals surface area contributed by atoms with Gasteiger partial charge in [-0.25, -0.2) is 0 Å². The van der Waals surface area contributed by atoms with Gasteiger partial charge in [0.05, 0.1) is 13.1 Å². The number of halogens is 1. The second kappa shape index (κ2) is 8.67. The molecule has 0 aromatic heterocycles. The van der Waals surface area contributed by atoms with E-state index in [1.165, 1.54) is 0 Å². The third-order valence-electron chi connectivity index (χ3n) is 3.84. The minimum atomic E-state index is -0.914. The SMILES string of the molecule is CC(C)[C@@](C)(C#N)NC(=O)C[NH+](C)CC(=O)Nc1ccc(Cl)cc1. The molecule has 0 spiro atoms. The molecule has 0 saturated heterocycles. The van der Waals surface area contributed by atoms with Crippen LogP contribution in [0.4, 0.5) is 5.69 Å². The number of benzene rings is 1. The van der Waals surface area contributed by atoms with Gasteiger partial charge < -0.3 is 15.5 Å². The summed E-state index contributed by atoms with van der Waals surface area (Å²) in [5.41, 5.74) is -0.262. The molecule has 0 bridgehead atoms. The van der Waals surface area contributed by atoms with Crippen LogP contribution >= 0.6 is 11.6 Å². The Labute approximate surface area is 147 Å². The van der Waals surface area contributed by atoms with Crippen LogP contribution in [0.2, 0.25) is 5.02 Å². The molecule has 24 heavy (non-hydrogen) atoms. The van der Waals surface area contributed by atoms with E-state index in [-0.39, 0.29) is 30.8 Å². The van der Waals surface area contributed by atoms with Crippen molar-refractivity contribution in [3.63, 3.8) is 0 Å². The van der Waals surface area contributed by atoms with Gasteiger partial charge in [-0.15, -0.1) is 0 Å². The molecule has 3 N–H and O–H groups in total. The quantitative estimate of drug-likeness (QED) is 0.680. The minimum absolute atomic E-state index is 0.0139. The molecule has 0 heterocycles. The van der Waals surface area contributed by atoms with Crippen molar-refractivity contribution in [1.29, 1.82) is 5.26 Å². The van der Waals surface area contributed by atoms with Gasteiger partial charge in [0, 0.05) is 10.7 Å². The lowest BCUT2D eigenvalue weighted by molar-refractivity contribution is -0.862. The van der Waals surface area contributed by atoms with Gasteiger partial charge in [0.2, 0.25) is 0 Å². The number of quaternary nitrogens is 1. The Hall–Kier alpha value is -2.10. The van der Waals surface area contributed by atoms with E-state index in [9.17, 15) is 14.9 Å². The zero-order chi connectivity index (χ0) is 18.3. The number of hydrogen-bond donors (Lipinski definition) is 3. The third kappa shape index (κ3) is 6.19. The number of nitrogens with one attached hydrogen (secondary N) is 3. The largest absolute Gasteiger partial charge is 0.333 e. The summed E-state index contributed by atoms with van der Waals surface area (Å²) in [6, 6.07) is 8.93. The van der Waals surface area contributed by atoms with Crippen LogP contribution in [0.15, 0.2) is 24.3 Å². The Morgan fingerprint density at radius 3 is 2.29 bits per heavy atom. The summed E-state index contributed by atoms with van der Waals surface area (Å²) in [6.07, 6.45) is 0. The summed E-state index contributed by atoms with van der Waals surface area (Å²) in [6.45, 7) is 5.69. The van der Waals surface area contributed by atoms with Crippen LogP contribution < -0.4 is 15.5 Å². The maximum atomic E-state index is 12.1. The molecule has 0 aliphatic carbocycles. The first-order chi connectivity index (χ1) is 11.2. The maximum Gasteiger partial charge on any atom is 0.279 e. The van der Waals surface area contributed by atoms with E-state index in [4.69, 9.17) is 11.6 Å². The molecule has 1 rings (SSSR count). The van der Waals surface area contributed by atoms with Crippen LogP contribution in [-0.2, 0) is 9.59 Å². The standard InChI is InChI=1S/C17H23ClN4O2/c1-12(2)17(3,11-19)21-16(24)10-22(4)9-15(23)20-14-7-5-13(18)6-8-14/h5-8,12H,9-10H2,1-4H3,(H,20,23)(H,21,24)/p+1/t17-/m1/s1. The lowest BCUT2D eigenvalue weighted by Gasteiger charge is -2.27. The molecule has 1 aromatic carbocycles. The van der Waals surface area contributed by atoms with E-state index >= 15 is 0 Å². The summed E-state index contributed by atoms with van der Waals surface area (Å²) < 4.78 is 0. The minimum Gasteiger partial charge on any atom is -0.333 e. The van der Waals surface area contributed by atoms with E-state index in [0.29, 0.717) is 10.7 Å². The lowest BCUT2D eigenvalue weighted by atomic mass is 9.90. The van der Waals surface area contributed by atoms with E-state index in [1.54, 1.807) is 38.2 Å². The van der Waals surface area contributed by atoms with Crippen molar-refractivity contribution in [2.75, 3.05) is 25.5 Å². The molecule has 0 saturated carbocycles. The Morgan fingerprint density at radius 2 is 1.79 bits per heavy atom. The van der Waals surface area contributed by atoms with Crippen LogP contribution in [0.1, 0.15) is 20.8 Å². The van der Waals surface area contributed by atoms with Crippen molar-refractivity contribution >= 4 is 29.1 Å². The average Bonchev–Trinajstić information content (AvgIpc) is 2.48. The fourth-order valence-corrected chi connectivity index (χ4v) is 2.11. The molecule has 2 atom stereocenters. The lowest BCUT2D eigenvalue weighted by Crippen LogP contribution is -3.11. The Morgan fingerprint density at radius 1 is 1.25 bits per heavy atom. The Balaban J connectivity index is 2.49. The van der Waals surface area contributed by atoms with Gasteiger partial charge in [-0.2, -0.15) is 5.26 Å². The van der Waals surface area contributed by atoms with E-state index < -0.39 is 5.54 Å². The molecule has 0 aliphatic rings. The van der Waals surface area contributed by atoms with Gasteiger partial charge in [0.15, 0.2) is 13.1 Å². The van der Waals surface area contributed by atoms with Crippen LogP contribution in [0, 0.1) is 17.2 Å². The number of anilines is 1. The van der Waals surface area contributed by atoms with E-state index in [2.05, 4.69) is 16.7 Å². The second-order valence-corrected chi connectivity index (χ2v) is 6.82. The molecule has 1 aromatic rings. The summed E-state index contributed by atoms with van der Waals surface area (Å²) >= 11 is 5.79. The highest BCUT2D eigenvalue weighted by molar-refractivity contribution is 6.30. The van der Waals surface area contributed by atoms with Crippen LogP contribution in [0.3, 0.4) is 0 Å². The van der Waals surface area contributed by atoms with Crippen molar-refractivity contribution in [3.05, 3.63) is 29.3 Å². The number of carbonyl (C=O) groups excluding carboxylic acids is 2. The third-order valence-corrected chi connectivity index (χ3v) is 4.09. The smallest absolute Gasteiger partial charge is 0.279 e. The Kier molecular flexibility index (Phi) is 7.20. The zero-order valence-corrected chi connectivity index (χ0v) is 15.2. The first kappa shape index (κ1) is 19.9. The Bertz CT molecular complexity index is 624. The number of likely N-dealkylation sites (N-methyl/N-ethyl adjacent to an activating group) is 1. The van der Waals surface area contributed by atoms with Crippen LogP contribution in [-0.4, -0.2) is 37.5 Å². The highest BCUT2D eigenvalue weighted by Crippen LogP contribution is 2.14. The maximum absolute atomic E-state index is 12.1. The zero-order valence-electron chi connectivity index (χ0n) is 14.4. The highest BCUT2D eigenvalue weighted by atomic mass is 35.5. The first-order valence-corrected chi connectivity index (χ1v) is 8.13. The van der Waals surface area contributed by atoms with Crippen molar-refractivity contribution < 1.29 is 14.5 Å².